The SMILES string of the molecule is O=C(O)COCC1CCC(Cn2nc(-c3ccccc3)c(-c3cccc(F)c3)c2CCO)CC1. The molecular weight excluding hydrogens is 435 g/mol. The molecule has 2 N–H and O–H groups in total. The summed E-state index contributed by atoms with van der Waals surface area (Å²) >= 11 is 0. The average Bonchev–Trinajstić information content (AvgIpc) is 3.19. The molecule has 0 bridgehead atoms. The van der Waals surface area contributed by atoms with Crippen LogP contribution in [0, 0.1) is 17.7 Å². The number of hydrogen-bond donors (Lipinski definition) is 2. The van der Waals surface area contributed by atoms with E-state index in [1.165, 1.54) is 12.1 Å². The van der Waals surface area contributed by atoms with Crippen molar-refractivity contribution in [2.75, 3.05) is 19.8 Å². The molecule has 0 atom stereocenters. The summed E-state index contributed by atoms with van der Waals surface area (Å²) in [7, 11) is 0. The number of hydrogen-bond acceptors (Lipinski definition) is 4. The lowest BCUT2D eigenvalue weighted by molar-refractivity contribution is -0.142. The lowest BCUT2D eigenvalue weighted by Crippen LogP contribution is -2.24. The van der Waals surface area contributed by atoms with Crippen molar-refractivity contribution < 1.29 is 24.1 Å². The quantitative estimate of drug-likeness (QED) is 0.448. The molecule has 34 heavy (non-hydrogen) atoms. The number of rotatable bonds is 10. The van der Waals surface area contributed by atoms with Gasteiger partial charge in [-0.15, -0.1) is 0 Å². The highest BCUT2D eigenvalue weighted by Crippen LogP contribution is 2.37. The monoisotopic (exact) mass is 466 g/mol. The first-order valence-electron chi connectivity index (χ1n) is 11.9. The predicted octanol–water partition coefficient (Wildman–Crippen LogP) is 4.80. The van der Waals surface area contributed by atoms with Gasteiger partial charge in [0, 0.05) is 36.4 Å². The zero-order chi connectivity index (χ0) is 23.9. The van der Waals surface area contributed by atoms with E-state index in [0.717, 1.165) is 60.3 Å². The molecular formula is C27H31FN2O4. The largest absolute Gasteiger partial charge is 0.480 e. The van der Waals surface area contributed by atoms with Crippen molar-refractivity contribution in [2.24, 2.45) is 11.8 Å². The number of aliphatic hydroxyl groups excluding tert-OH is 1. The van der Waals surface area contributed by atoms with Crippen molar-refractivity contribution in [1.82, 2.24) is 9.78 Å². The number of aromatic nitrogens is 2. The fourth-order valence-corrected chi connectivity index (χ4v) is 4.89. The van der Waals surface area contributed by atoms with Gasteiger partial charge in [-0.2, -0.15) is 5.10 Å². The van der Waals surface area contributed by atoms with Crippen LogP contribution in [0.5, 0.6) is 0 Å². The maximum atomic E-state index is 14.1. The number of aliphatic carboxylic acids is 1. The van der Waals surface area contributed by atoms with Crippen molar-refractivity contribution in [3.8, 4) is 22.4 Å². The van der Waals surface area contributed by atoms with Gasteiger partial charge in [-0.3, -0.25) is 4.68 Å². The molecule has 1 aliphatic carbocycles. The Morgan fingerprint density at radius 2 is 1.74 bits per heavy atom. The smallest absolute Gasteiger partial charge is 0.329 e. The highest BCUT2D eigenvalue weighted by molar-refractivity contribution is 5.82. The van der Waals surface area contributed by atoms with E-state index in [9.17, 15) is 14.3 Å². The molecule has 7 heteroatoms. The van der Waals surface area contributed by atoms with Crippen molar-refractivity contribution >= 4 is 5.97 Å². The number of benzene rings is 2. The Balaban J connectivity index is 1.59. The third kappa shape index (κ3) is 5.90. The first-order valence-corrected chi connectivity index (χ1v) is 11.9. The fraction of sp³-hybridized carbons (Fsp3) is 0.407. The van der Waals surface area contributed by atoms with Crippen LogP contribution in [0.4, 0.5) is 4.39 Å². The first kappa shape index (κ1) is 24.1. The Kier molecular flexibility index (Phi) is 8.08. The van der Waals surface area contributed by atoms with Gasteiger partial charge in [0.25, 0.3) is 0 Å². The number of carboxylic acid groups (broad SMARTS) is 1. The maximum absolute atomic E-state index is 14.1. The minimum absolute atomic E-state index is 0.0180. The highest BCUT2D eigenvalue weighted by Gasteiger charge is 2.26. The molecule has 3 aromatic rings. The Morgan fingerprint density at radius 3 is 2.41 bits per heavy atom. The van der Waals surface area contributed by atoms with E-state index in [1.807, 2.05) is 41.1 Å². The van der Waals surface area contributed by atoms with Gasteiger partial charge in [-0.25, -0.2) is 9.18 Å². The van der Waals surface area contributed by atoms with E-state index in [-0.39, 0.29) is 19.0 Å². The molecule has 1 aromatic heterocycles. The van der Waals surface area contributed by atoms with E-state index < -0.39 is 5.97 Å². The number of aliphatic hydroxyl groups is 1. The summed E-state index contributed by atoms with van der Waals surface area (Å²) in [6.07, 6.45) is 4.43. The summed E-state index contributed by atoms with van der Waals surface area (Å²) in [6.45, 7) is 0.949. The molecule has 180 valence electrons. The summed E-state index contributed by atoms with van der Waals surface area (Å²) < 4.78 is 21.4. The zero-order valence-corrected chi connectivity index (χ0v) is 19.2. The minimum atomic E-state index is -0.938. The highest BCUT2D eigenvalue weighted by atomic mass is 19.1. The molecule has 1 saturated carbocycles. The van der Waals surface area contributed by atoms with Crippen LogP contribution in [0.3, 0.4) is 0 Å². The zero-order valence-electron chi connectivity index (χ0n) is 19.2. The van der Waals surface area contributed by atoms with Crippen LogP contribution in [-0.4, -0.2) is 45.8 Å². The van der Waals surface area contributed by atoms with Gasteiger partial charge in [0.15, 0.2) is 0 Å². The van der Waals surface area contributed by atoms with Crippen LogP contribution in [0.1, 0.15) is 31.4 Å². The van der Waals surface area contributed by atoms with E-state index >= 15 is 0 Å². The third-order valence-corrected chi connectivity index (χ3v) is 6.54. The second kappa shape index (κ2) is 11.4. The van der Waals surface area contributed by atoms with Crippen molar-refractivity contribution in [3.63, 3.8) is 0 Å². The standard InChI is InChI=1S/C27H31FN2O4/c28-23-8-4-7-22(15-23)26-24(13-14-31)30(29-27(26)21-5-2-1-3-6-21)16-19-9-11-20(12-10-19)17-34-18-25(32)33/h1-8,15,19-20,31H,9-14,16-18H2,(H,32,33). The summed E-state index contributed by atoms with van der Waals surface area (Å²) in [5.74, 6) is -0.431. The fourth-order valence-electron chi connectivity index (χ4n) is 4.89. The summed E-state index contributed by atoms with van der Waals surface area (Å²) in [6, 6.07) is 16.4. The predicted molar refractivity (Wildman–Crippen MR) is 128 cm³/mol. The molecule has 1 aliphatic rings. The lowest BCUT2D eigenvalue weighted by atomic mass is 9.82. The van der Waals surface area contributed by atoms with E-state index in [2.05, 4.69) is 0 Å². The minimum Gasteiger partial charge on any atom is -0.480 e. The number of nitrogens with zero attached hydrogens (tertiary/aromatic N) is 2. The van der Waals surface area contributed by atoms with Crippen LogP contribution in [0.25, 0.3) is 22.4 Å². The number of carbonyl (C=O) groups is 1. The van der Waals surface area contributed by atoms with Crippen molar-refractivity contribution in [3.05, 3.63) is 66.1 Å². The van der Waals surface area contributed by atoms with Gasteiger partial charge in [0.1, 0.15) is 18.1 Å². The second-order valence-corrected chi connectivity index (χ2v) is 9.00. The van der Waals surface area contributed by atoms with Crippen LogP contribution >= 0.6 is 0 Å². The van der Waals surface area contributed by atoms with E-state index in [0.29, 0.717) is 24.9 Å². The summed E-state index contributed by atoms with van der Waals surface area (Å²) in [5, 5.41) is 23.6. The number of ether oxygens (including phenoxy) is 1. The third-order valence-electron chi connectivity index (χ3n) is 6.54. The number of carboxylic acids is 1. The van der Waals surface area contributed by atoms with Gasteiger partial charge >= 0.3 is 5.97 Å². The average molecular weight is 467 g/mol. The Hall–Kier alpha value is -3.03. The van der Waals surface area contributed by atoms with Gasteiger partial charge < -0.3 is 14.9 Å². The molecule has 1 fully saturated rings. The first-order chi connectivity index (χ1) is 16.5. The molecule has 0 amide bonds. The van der Waals surface area contributed by atoms with Gasteiger partial charge in [0.2, 0.25) is 0 Å². The second-order valence-electron chi connectivity index (χ2n) is 9.00. The molecule has 0 unspecified atom stereocenters. The van der Waals surface area contributed by atoms with Gasteiger partial charge in [0.05, 0.1) is 6.61 Å². The number of halogens is 1. The lowest BCUT2D eigenvalue weighted by Gasteiger charge is -2.28. The van der Waals surface area contributed by atoms with Crippen LogP contribution in [0.15, 0.2) is 54.6 Å². The topological polar surface area (TPSA) is 84.6 Å². The van der Waals surface area contributed by atoms with Crippen molar-refractivity contribution in [2.45, 2.75) is 38.6 Å². The molecule has 0 spiro atoms. The Labute approximate surface area is 199 Å². The normalized spacial score (nSPS) is 18.2. The van der Waals surface area contributed by atoms with E-state index in [4.69, 9.17) is 14.9 Å². The maximum Gasteiger partial charge on any atom is 0.329 e. The molecule has 0 aliphatic heterocycles. The summed E-state index contributed by atoms with van der Waals surface area (Å²) in [4.78, 5) is 10.7. The van der Waals surface area contributed by atoms with Crippen LogP contribution in [-0.2, 0) is 22.5 Å². The Bertz CT molecular complexity index is 1090. The van der Waals surface area contributed by atoms with Gasteiger partial charge in [-0.1, -0.05) is 42.5 Å². The molecule has 2 aromatic carbocycles. The van der Waals surface area contributed by atoms with Crippen LogP contribution < -0.4 is 0 Å². The van der Waals surface area contributed by atoms with Gasteiger partial charge in [-0.05, 0) is 55.2 Å². The van der Waals surface area contributed by atoms with Crippen molar-refractivity contribution in [1.29, 1.82) is 0 Å². The molecule has 4 rings (SSSR count). The molecule has 0 saturated heterocycles. The molecule has 6 nitrogen and oxygen atoms in total. The van der Waals surface area contributed by atoms with Crippen LogP contribution in [0.2, 0.25) is 0 Å². The molecule has 0 radical (unpaired) electrons. The summed E-state index contributed by atoms with van der Waals surface area (Å²) in [5.41, 5.74) is 4.30. The Morgan fingerprint density at radius 1 is 1.03 bits per heavy atom. The molecule has 1 heterocycles. The van der Waals surface area contributed by atoms with E-state index in [1.54, 1.807) is 6.07 Å².